The summed E-state index contributed by atoms with van der Waals surface area (Å²) in [7, 11) is 5.77. The number of unbranched alkanes of at least 4 members (excludes halogenated alkanes) is 3. The van der Waals surface area contributed by atoms with Gasteiger partial charge in [0, 0.05) is 36.1 Å². The normalized spacial score (nSPS) is 16.3. The van der Waals surface area contributed by atoms with Crippen LogP contribution in [0.4, 0.5) is 0 Å². The third-order valence-corrected chi connectivity index (χ3v) is 8.42. The van der Waals surface area contributed by atoms with Gasteiger partial charge in [0.1, 0.15) is 5.75 Å². The van der Waals surface area contributed by atoms with E-state index in [1.807, 2.05) is 33.7 Å². The van der Waals surface area contributed by atoms with E-state index in [0.717, 1.165) is 62.9 Å². The highest BCUT2D eigenvalue weighted by Crippen LogP contribution is 2.39. The third kappa shape index (κ3) is 10.1. The summed E-state index contributed by atoms with van der Waals surface area (Å²) >= 11 is 0. The van der Waals surface area contributed by atoms with Crippen LogP contribution in [0.3, 0.4) is 0 Å². The highest BCUT2D eigenvalue weighted by molar-refractivity contribution is 8.77. The van der Waals surface area contributed by atoms with E-state index in [-0.39, 0.29) is 5.91 Å². The van der Waals surface area contributed by atoms with Crippen LogP contribution >= 0.6 is 21.6 Å². The number of rotatable bonds is 15. The number of nitrogens with zero attached hydrogens (tertiary/aromatic N) is 1. The highest BCUT2D eigenvalue weighted by atomic mass is 33.1. The molecule has 0 aromatic heterocycles. The molecule has 1 aromatic carbocycles. The van der Waals surface area contributed by atoms with Gasteiger partial charge in [-0.25, -0.2) is 0 Å². The summed E-state index contributed by atoms with van der Waals surface area (Å²) in [5.41, 5.74) is 1.24. The van der Waals surface area contributed by atoms with Gasteiger partial charge in [0.2, 0.25) is 5.91 Å². The summed E-state index contributed by atoms with van der Waals surface area (Å²) in [6, 6.07) is 8.25. The largest absolute Gasteiger partial charge is 0.496 e. The molecule has 6 heteroatoms. The van der Waals surface area contributed by atoms with Crippen LogP contribution in [0, 0.1) is 0 Å². The van der Waals surface area contributed by atoms with E-state index in [0.29, 0.717) is 6.42 Å². The minimum Gasteiger partial charge on any atom is -0.496 e. The Morgan fingerprint density at radius 2 is 2.07 bits per heavy atom. The standard InChI is InChI=1S/C23H38N2O2S2/c1-3-25(19-20-11-5-7-13-22(20)27-2)17-10-4-9-16-24-23(26)14-8-6-12-21-15-18-28-29-21/h5,7,11,13,21H,3-4,6,8-10,12,14-19H2,1-2H3,(H,24,26). The van der Waals surface area contributed by atoms with Gasteiger partial charge in [-0.2, -0.15) is 0 Å². The Labute approximate surface area is 185 Å². The van der Waals surface area contributed by atoms with Crippen molar-refractivity contribution in [1.29, 1.82) is 0 Å². The second kappa shape index (κ2) is 15.0. The van der Waals surface area contributed by atoms with Gasteiger partial charge >= 0.3 is 0 Å². The van der Waals surface area contributed by atoms with Crippen molar-refractivity contribution >= 4 is 27.5 Å². The number of carbonyl (C=O) groups excluding carboxylic acids is 1. The lowest BCUT2D eigenvalue weighted by Gasteiger charge is -2.21. The van der Waals surface area contributed by atoms with Crippen LogP contribution in [0.25, 0.3) is 0 Å². The fourth-order valence-electron chi connectivity index (χ4n) is 3.60. The van der Waals surface area contributed by atoms with Gasteiger partial charge in [-0.1, -0.05) is 59.6 Å². The molecule has 0 bridgehead atoms. The maximum Gasteiger partial charge on any atom is 0.219 e. The molecule has 1 atom stereocenters. The number of benzene rings is 1. The molecule has 29 heavy (non-hydrogen) atoms. The maximum absolute atomic E-state index is 11.9. The van der Waals surface area contributed by atoms with Crippen LogP contribution < -0.4 is 10.1 Å². The molecule has 0 aliphatic carbocycles. The molecule has 1 fully saturated rings. The molecule has 1 aromatic rings. The van der Waals surface area contributed by atoms with Gasteiger partial charge in [-0.05, 0) is 51.3 Å². The van der Waals surface area contributed by atoms with Gasteiger partial charge in [-0.15, -0.1) is 0 Å². The summed E-state index contributed by atoms with van der Waals surface area (Å²) in [6.07, 6.45) is 8.90. The van der Waals surface area contributed by atoms with Gasteiger partial charge in [-0.3, -0.25) is 9.69 Å². The molecule has 4 nitrogen and oxygen atoms in total. The molecule has 1 aliphatic heterocycles. The van der Waals surface area contributed by atoms with Crippen LogP contribution in [0.1, 0.15) is 63.9 Å². The summed E-state index contributed by atoms with van der Waals surface area (Å²) in [5.74, 6) is 2.49. The lowest BCUT2D eigenvalue weighted by Crippen LogP contribution is -2.25. The molecule has 0 saturated carbocycles. The third-order valence-electron chi connectivity index (χ3n) is 5.41. The predicted molar refractivity (Wildman–Crippen MR) is 128 cm³/mol. The SMILES string of the molecule is CCN(CCCCCNC(=O)CCCCC1CCSS1)Cc1ccccc1OC. The number of methoxy groups -OCH3 is 1. The van der Waals surface area contributed by atoms with E-state index in [2.05, 4.69) is 29.3 Å². The van der Waals surface area contributed by atoms with E-state index in [1.165, 1.54) is 30.6 Å². The molecule has 0 radical (unpaired) electrons. The lowest BCUT2D eigenvalue weighted by molar-refractivity contribution is -0.121. The number of nitrogens with one attached hydrogen (secondary N) is 1. The Morgan fingerprint density at radius 3 is 2.83 bits per heavy atom. The molecule has 1 aliphatic rings. The number of carbonyl (C=O) groups is 1. The van der Waals surface area contributed by atoms with Gasteiger partial charge < -0.3 is 10.1 Å². The van der Waals surface area contributed by atoms with E-state index in [9.17, 15) is 4.79 Å². The Balaban J connectivity index is 1.48. The average Bonchev–Trinajstić information content (AvgIpc) is 3.26. The monoisotopic (exact) mass is 438 g/mol. The first kappa shape index (κ1) is 24.4. The zero-order valence-electron chi connectivity index (χ0n) is 18.2. The van der Waals surface area contributed by atoms with E-state index in [4.69, 9.17) is 4.74 Å². The van der Waals surface area contributed by atoms with Crippen LogP contribution in [-0.4, -0.2) is 48.6 Å². The van der Waals surface area contributed by atoms with E-state index in [1.54, 1.807) is 7.11 Å². The van der Waals surface area contributed by atoms with Crippen molar-refractivity contribution in [2.45, 2.75) is 70.1 Å². The summed E-state index contributed by atoms with van der Waals surface area (Å²) in [5, 5.41) is 3.92. The van der Waals surface area contributed by atoms with Crippen molar-refractivity contribution in [1.82, 2.24) is 10.2 Å². The first-order valence-corrected chi connectivity index (χ1v) is 13.5. The quantitative estimate of drug-likeness (QED) is 0.288. The number of para-hydroxylation sites is 1. The summed E-state index contributed by atoms with van der Waals surface area (Å²) in [6.45, 7) is 6.06. The van der Waals surface area contributed by atoms with E-state index >= 15 is 0 Å². The predicted octanol–water partition coefficient (Wildman–Crippen LogP) is 5.52. The number of ether oxygens (including phenoxy) is 1. The van der Waals surface area contributed by atoms with Gasteiger partial charge in [0.15, 0.2) is 0 Å². The zero-order valence-corrected chi connectivity index (χ0v) is 19.8. The van der Waals surface area contributed by atoms with Crippen molar-refractivity contribution in [3.8, 4) is 5.75 Å². The number of hydrogen-bond donors (Lipinski definition) is 1. The fourth-order valence-corrected chi connectivity index (χ4v) is 6.63. The van der Waals surface area contributed by atoms with Crippen molar-refractivity contribution in [2.75, 3.05) is 32.5 Å². The molecular weight excluding hydrogens is 400 g/mol. The van der Waals surface area contributed by atoms with Crippen molar-refractivity contribution in [2.24, 2.45) is 0 Å². The molecule has 2 rings (SSSR count). The van der Waals surface area contributed by atoms with Gasteiger partial charge in [0.25, 0.3) is 0 Å². The minimum absolute atomic E-state index is 0.227. The van der Waals surface area contributed by atoms with Crippen LogP contribution in [0.5, 0.6) is 5.75 Å². The summed E-state index contributed by atoms with van der Waals surface area (Å²) < 4.78 is 5.46. The van der Waals surface area contributed by atoms with Crippen molar-refractivity contribution < 1.29 is 9.53 Å². The molecule has 1 unspecified atom stereocenters. The highest BCUT2D eigenvalue weighted by Gasteiger charge is 2.15. The van der Waals surface area contributed by atoms with Crippen LogP contribution in [-0.2, 0) is 11.3 Å². The molecular formula is C23H38N2O2S2. The maximum atomic E-state index is 11.9. The molecule has 1 saturated heterocycles. The van der Waals surface area contributed by atoms with Crippen LogP contribution in [0.15, 0.2) is 24.3 Å². The first-order valence-electron chi connectivity index (χ1n) is 11.1. The Hall–Kier alpha value is -0.850. The smallest absolute Gasteiger partial charge is 0.219 e. The van der Waals surface area contributed by atoms with E-state index < -0.39 is 0 Å². The lowest BCUT2D eigenvalue weighted by atomic mass is 10.1. The average molecular weight is 439 g/mol. The topological polar surface area (TPSA) is 41.6 Å². The minimum atomic E-state index is 0.227. The second-order valence-corrected chi connectivity index (χ2v) is 10.5. The van der Waals surface area contributed by atoms with Gasteiger partial charge in [0.05, 0.1) is 7.11 Å². The second-order valence-electron chi connectivity index (χ2n) is 7.67. The molecule has 1 heterocycles. The van der Waals surface area contributed by atoms with Crippen molar-refractivity contribution in [3.63, 3.8) is 0 Å². The number of hydrogen-bond acceptors (Lipinski definition) is 5. The molecule has 1 N–H and O–H groups in total. The van der Waals surface area contributed by atoms with Crippen LogP contribution in [0.2, 0.25) is 0 Å². The number of amides is 1. The van der Waals surface area contributed by atoms with Crippen molar-refractivity contribution in [3.05, 3.63) is 29.8 Å². The first-order chi connectivity index (χ1) is 14.2. The Morgan fingerprint density at radius 1 is 1.21 bits per heavy atom. The molecule has 164 valence electrons. The fraction of sp³-hybridized carbons (Fsp3) is 0.696. The Bertz CT molecular complexity index is 580. The molecule has 1 amide bonds. The zero-order chi connectivity index (χ0) is 20.7. The molecule has 0 spiro atoms. The Kier molecular flexibility index (Phi) is 12.7. The summed E-state index contributed by atoms with van der Waals surface area (Å²) in [4.78, 5) is 14.4.